The summed E-state index contributed by atoms with van der Waals surface area (Å²) in [5.41, 5.74) is 2.29. The van der Waals surface area contributed by atoms with E-state index in [2.05, 4.69) is 48.6 Å². The van der Waals surface area contributed by atoms with Crippen LogP contribution in [0.5, 0.6) is 0 Å². The Morgan fingerprint density at radius 2 is 1.95 bits per heavy atom. The van der Waals surface area contributed by atoms with Crippen LogP contribution in [0.4, 0.5) is 0 Å². The lowest BCUT2D eigenvalue weighted by Crippen LogP contribution is -2.32. The second kappa shape index (κ2) is 6.16. The van der Waals surface area contributed by atoms with E-state index in [-0.39, 0.29) is 17.6 Å². The third-order valence-corrected chi connectivity index (χ3v) is 3.72. The van der Waals surface area contributed by atoms with Gasteiger partial charge in [-0.2, -0.15) is 0 Å². The molecule has 0 spiro atoms. The van der Waals surface area contributed by atoms with Gasteiger partial charge in [-0.3, -0.25) is 0 Å². The van der Waals surface area contributed by atoms with E-state index in [0.29, 0.717) is 6.54 Å². The quantitative estimate of drug-likeness (QED) is 0.889. The summed E-state index contributed by atoms with van der Waals surface area (Å²) >= 11 is 0. The number of nitrogens with zero attached hydrogens (tertiary/aromatic N) is 2. The van der Waals surface area contributed by atoms with Gasteiger partial charge in [0.05, 0.1) is 23.2 Å². The van der Waals surface area contributed by atoms with E-state index < -0.39 is 0 Å². The molecule has 0 fully saturated rings. The molecule has 2 aromatic rings. The molecular formula is C17H27N3O. The van der Waals surface area contributed by atoms with Crippen LogP contribution < -0.4 is 5.32 Å². The van der Waals surface area contributed by atoms with Gasteiger partial charge in [-0.05, 0) is 30.9 Å². The fourth-order valence-corrected chi connectivity index (χ4v) is 2.73. The monoisotopic (exact) mass is 289 g/mol. The van der Waals surface area contributed by atoms with Crippen molar-refractivity contribution in [3.8, 4) is 0 Å². The SMILES string of the molecule is CC(NCC(O)CC(C)(C)C)c1nc2ccccc2n1C. The molecule has 0 saturated heterocycles. The van der Waals surface area contributed by atoms with Crippen LogP contribution in [-0.4, -0.2) is 27.3 Å². The number of hydrogen-bond donors (Lipinski definition) is 2. The van der Waals surface area contributed by atoms with Gasteiger partial charge in [0.1, 0.15) is 5.82 Å². The van der Waals surface area contributed by atoms with E-state index in [1.165, 1.54) is 0 Å². The highest BCUT2D eigenvalue weighted by Gasteiger charge is 2.19. The molecule has 0 bridgehead atoms. The van der Waals surface area contributed by atoms with Crippen LogP contribution in [0.15, 0.2) is 24.3 Å². The highest BCUT2D eigenvalue weighted by atomic mass is 16.3. The van der Waals surface area contributed by atoms with Gasteiger partial charge in [-0.1, -0.05) is 32.9 Å². The molecule has 2 N–H and O–H groups in total. The van der Waals surface area contributed by atoms with Crippen molar-refractivity contribution >= 4 is 11.0 Å². The fourth-order valence-electron chi connectivity index (χ4n) is 2.73. The molecule has 1 aromatic carbocycles. The van der Waals surface area contributed by atoms with Crippen LogP contribution in [-0.2, 0) is 7.05 Å². The maximum atomic E-state index is 10.1. The van der Waals surface area contributed by atoms with E-state index >= 15 is 0 Å². The van der Waals surface area contributed by atoms with E-state index in [0.717, 1.165) is 23.3 Å². The van der Waals surface area contributed by atoms with Crippen molar-refractivity contribution in [3.05, 3.63) is 30.1 Å². The molecule has 4 heteroatoms. The van der Waals surface area contributed by atoms with Gasteiger partial charge in [-0.15, -0.1) is 0 Å². The van der Waals surface area contributed by atoms with Crippen molar-refractivity contribution in [1.29, 1.82) is 0 Å². The Labute approximate surface area is 127 Å². The first-order chi connectivity index (χ1) is 9.78. The van der Waals surface area contributed by atoms with Crippen LogP contribution in [0.25, 0.3) is 11.0 Å². The summed E-state index contributed by atoms with van der Waals surface area (Å²) in [6.07, 6.45) is 0.456. The van der Waals surface area contributed by atoms with Gasteiger partial charge in [0.25, 0.3) is 0 Å². The van der Waals surface area contributed by atoms with Gasteiger partial charge in [-0.25, -0.2) is 4.98 Å². The zero-order chi connectivity index (χ0) is 15.6. The normalized spacial score (nSPS) is 15.3. The summed E-state index contributed by atoms with van der Waals surface area (Å²) in [6.45, 7) is 9.11. The summed E-state index contributed by atoms with van der Waals surface area (Å²) < 4.78 is 2.11. The molecule has 2 rings (SSSR count). The Balaban J connectivity index is 2.02. The third kappa shape index (κ3) is 4.05. The minimum absolute atomic E-state index is 0.108. The zero-order valence-corrected chi connectivity index (χ0v) is 13.7. The Morgan fingerprint density at radius 1 is 1.29 bits per heavy atom. The lowest BCUT2D eigenvalue weighted by atomic mass is 9.89. The van der Waals surface area contributed by atoms with Gasteiger partial charge < -0.3 is 15.0 Å². The first-order valence-corrected chi connectivity index (χ1v) is 7.61. The topological polar surface area (TPSA) is 50.1 Å². The molecule has 0 saturated carbocycles. The summed E-state index contributed by atoms with van der Waals surface area (Å²) in [4.78, 5) is 4.68. The lowest BCUT2D eigenvalue weighted by molar-refractivity contribution is 0.117. The van der Waals surface area contributed by atoms with E-state index in [9.17, 15) is 5.11 Å². The molecule has 4 nitrogen and oxygen atoms in total. The number of hydrogen-bond acceptors (Lipinski definition) is 3. The first-order valence-electron chi connectivity index (χ1n) is 7.61. The maximum absolute atomic E-state index is 10.1. The van der Waals surface area contributed by atoms with Crippen molar-refractivity contribution in [1.82, 2.24) is 14.9 Å². The first kappa shape index (κ1) is 16.0. The minimum Gasteiger partial charge on any atom is -0.392 e. The van der Waals surface area contributed by atoms with Crippen LogP contribution >= 0.6 is 0 Å². The predicted molar refractivity (Wildman–Crippen MR) is 87.2 cm³/mol. The largest absolute Gasteiger partial charge is 0.392 e. The molecule has 0 aliphatic rings. The van der Waals surface area contributed by atoms with E-state index in [1.54, 1.807) is 0 Å². The van der Waals surface area contributed by atoms with Crippen LogP contribution in [0.1, 0.15) is 46.0 Å². The molecule has 0 aliphatic carbocycles. The standard InChI is InChI=1S/C17H27N3O/c1-12(18-11-13(21)10-17(2,3)4)16-19-14-8-6-7-9-15(14)20(16)5/h6-9,12-13,18,21H,10-11H2,1-5H3. The molecule has 2 unspecified atom stereocenters. The van der Waals surface area contributed by atoms with Crippen molar-refractivity contribution in [2.75, 3.05) is 6.54 Å². The highest BCUT2D eigenvalue weighted by Crippen LogP contribution is 2.22. The molecule has 21 heavy (non-hydrogen) atoms. The van der Waals surface area contributed by atoms with E-state index in [4.69, 9.17) is 0 Å². The zero-order valence-electron chi connectivity index (χ0n) is 13.7. The Hall–Kier alpha value is -1.39. The van der Waals surface area contributed by atoms with Crippen LogP contribution in [0.3, 0.4) is 0 Å². The molecule has 1 aromatic heterocycles. The van der Waals surface area contributed by atoms with Gasteiger partial charge in [0, 0.05) is 13.6 Å². The average molecular weight is 289 g/mol. The summed E-state index contributed by atoms with van der Waals surface area (Å²) in [7, 11) is 2.04. The Morgan fingerprint density at radius 3 is 2.57 bits per heavy atom. The number of fused-ring (bicyclic) bond motifs is 1. The van der Waals surface area contributed by atoms with E-state index in [1.807, 2.05) is 25.2 Å². The number of aliphatic hydroxyl groups is 1. The fraction of sp³-hybridized carbons (Fsp3) is 0.588. The lowest BCUT2D eigenvalue weighted by Gasteiger charge is -2.24. The highest BCUT2D eigenvalue weighted by molar-refractivity contribution is 5.75. The molecule has 116 valence electrons. The number of nitrogens with one attached hydrogen (secondary N) is 1. The Bertz CT molecular complexity index is 598. The van der Waals surface area contributed by atoms with Crippen molar-refractivity contribution in [2.45, 2.75) is 46.3 Å². The second-order valence-corrected chi connectivity index (χ2v) is 7.07. The summed E-state index contributed by atoms with van der Waals surface area (Å²) in [5.74, 6) is 0.999. The number of benzene rings is 1. The Kier molecular flexibility index (Phi) is 4.69. The molecule has 0 amide bonds. The third-order valence-electron chi connectivity index (χ3n) is 3.72. The molecule has 2 atom stereocenters. The number of aliphatic hydroxyl groups excluding tert-OH is 1. The maximum Gasteiger partial charge on any atom is 0.126 e. The minimum atomic E-state index is -0.331. The number of imidazole rings is 1. The van der Waals surface area contributed by atoms with Crippen molar-refractivity contribution < 1.29 is 5.11 Å². The number of aromatic nitrogens is 2. The molecular weight excluding hydrogens is 262 g/mol. The second-order valence-electron chi connectivity index (χ2n) is 7.07. The molecule has 0 radical (unpaired) electrons. The molecule has 0 aliphatic heterocycles. The van der Waals surface area contributed by atoms with Gasteiger partial charge >= 0.3 is 0 Å². The smallest absolute Gasteiger partial charge is 0.126 e. The van der Waals surface area contributed by atoms with Crippen LogP contribution in [0.2, 0.25) is 0 Å². The summed E-state index contributed by atoms with van der Waals surface area (Å²) in [5, 5.41) is 13.5. The molecule has 1 heterocycles. The number of para-hydroxylation sites is 2. The van der Waals surface area contributed by atoms with Gasteiger partial charge in [0.2, 0.25) is 0 Å². The van der Waals surface area contributed by atoms with Gasteiger partial charge in [0.15, 0.2) is 0 Å². The van der Waals surface area contributed by atoms with Crippen molar-refractivity contribution in [3.63, 3.8) is 0 Å². The number of aryl methyl sites for hydroxylation is 1. The predicted octanol–water partition coefficient (Wildman–Crippen LogP) is 3.02. The average Bonchev–Trinajstić information content (AvgIpc) is 2.72. The number of rotatable bonds is 5. The summed E-state index contributed by atoms with van der Waals surface area (Å²) in [6, 6.07) is 8.24. The van der Waals surface area contributed by atoms with Crippen molar-refractivity contribution in [2.24, 2.45) is 12.5 Å². The van der Waals surface area contributed by atoms with Crippen LogP contribution in [0, 0.1) is 5.41 Å².